The first-order valence-electron chi connectivity index (χ1n) is 7.94. The summed E-state index contributed by atoms with van der Waals surface area (Å²) in [7, 11) is 0. The molecular weight excluding hydrogens is 312 g/mol. The van der Waals surface area contributed by atoms with E-state index in [9.17, 15) is 0 Å². The summed E-state index contributed by atoms with van der Waals surface area (Å²) in [6.07, 6.45) is 1.73. The van der Waals surface area contributed by atoms with Crippen molar-refractivity contribution in [3.8, 4) is 11.5 Å². The minimum absolute atomic E-state index is 0.606. The van der Waals surface area contributed by atoms with E-state index < -0.39 is 0 Å². The lowest BCUT2D eigenvalue weighted by atomic mass is 10.2. The summed E-state index contributed by atoms with van der Waals surface area (Å²) in [4.78, 5) is 7.58. The summed E-state index contributed by atoms with van der Waals surface area (Å²) in [6, 6.07) is 25.3. The molecule has 5 heteroatoms. The number of fused-ring (bicyclic) bond motifs is 1. The van der Waals surface area contributed by atoms with Gasteiger partial charge in [0, 0.05) is 0 Å². The van der Waals surface area contributed by atoms with E-state index in [1.165, 1.54) is 0 Å². The zero-order valence-corrected chi connectivity index (χ0v) is 13.4. The molecule has 0 aliphatic heterocycles. The van der Waals surface area contributed by atoms with Crippen molar-refractivity contribution in [3.05, 3.63) is 84.4 Å². The monoisotopic (exact) mass is 328 g/mol. The number of benzene rings is 3. The van der Waals surface area contributed by atoms with E-state index in [2.05, 4.69) is 20.5 Å². The maximum Gasteiger partial charge on any atom is 0.222 e. The van der Waals surface area contributed by atoms with Crippen molar-refractivity contribution in [1.29, 1.82) is 0 Å². The fourth-order valence-corrected chi connectivity index (χ4v) is 2.46. The van der Waals surface area contributed by atoms with Crippen LogP contribution in [0.5, 0.6) is 11.5 Å². The van der Waals surface area contributed by atoms with Gasteiger partial charge in [-0.25, -0.2) is 10.4 Å². The van der Waals surface area contributed by atoms with E-state index in [1.54, 1.807) is 6.21 Å². The second kappa shape index (κ2) is 6.88. The van der Waals surface area contributed by atoms with Crippen molar-refractivity contribution in [1.82, 2.24) is 9.97 Å². The van der Waals surface area contributed by atoms with Gasteiger partial charge in [-0.05, 0) is 42.0 Å². The molecule has 0 amide bonds. The molecule has 0 saturated heterocycles. The summed E-state index contributed by atoms with van der Waals surface area (Å²) >= 11 is 0. The number of aromatic nitrogens is 2. The summed E-state index contributed by atoms with van der Waals surface area (Å²) in [5.74, 6) is 2.17. The minimum atomic E-state index is 0.606. The summed E-state index contributed by atoms with van der Waals surface area (Å²) in [5.41, 5.74) is 5.71. The molecule has 4 rings (SSSR count). The van der Waals surface area contributed by atoms with E-state index in [0.29, 0.717) is 5.95 Å². The average Bonchev–Trinajstić information content (AvgIpc) is 3.06. The Hall–Kier alpha value is -3.60. The van der Waals surface area contributed by atoms with Crippen molar-refractivity contribution >= 4 is 23.2 Å². The topological polar surface area (TPSA) is 62.3 Å². The van der Waals surface area contributed by atoms with Crippen LogP contribution in [-0.2, 0) is 0 Å². The van der Waals surface area contributed by atoms with Crippen LogP contribution in [0.4, 0.5) is 5.95 Å². The second-order valence-electron chi connectivity index (χ2n) is 5.46. The highest BCUT2D eigenvalue weighted by atomic mass is 16.5. The van der Waals surface area contributed by atoms with Gasteiger partial charge in [0.25, 0.3) is 0 Å². The van der Waals surface area contributed by atoms with Gasteiger partial charge in [-0.15, -0.1) is 0 Å². The highest BCUT2D eigenvalue weighted by Crippen LogP contribution is 2.21. The van der Waals surface area contributed by atoms with Gasteiger partial charge in [0.15, 0.2) is 0 Å². The van der Waals surface area contributed by atoms with Gasteiger partial charge in [-0.2, -0.15) is 5.10 Å². The van der Waals surface area contributed by atoms with Crippen molar-refractivity contribution in [3.63, 3.8) is 0 Å². The van der Waals surface area contributed by atoms with E-state index in [1.807, 2.05) is 78.9 Å². The SMILES string of the molecule is C(=NNc1nc2ccccc2[nH]1)c1cccc(Oc2ccccc2)c1. The third-order valence-corrected chi connectivity index (χ3v) is 3.61. The number of H-pyrrole nitrogens is 1. The third-order valence-electron chi connectivity index (χ3n) is 3.61. The predicted octanol–water partition coefficient (Wildman–Crippen LogP) is 4.80. The Morgan fingerprint density at radius 3 is 2.56 bits per heavy atom. The second-order valence-corrected chi connectivity index (χ2v) is 5.46. The number of nitrogens with one attached hydrogen (secondary N) is 2. The molecule has 0 fully saturated rings. The molecule has 0 aliphatic carbocycles. The molecule has 0 saturated carbocycles. The molecule has 5 nitrogen and oxygen atoms in total. The van der Waals surface area contributed by atoms with Gasteiger partial charge in [0.1, 0.15) is 11.5 Å². The van der Waals surface area contributed by atoms with Gasteiger partial charge in [-0.3, -0.25) is 0 Å². The molecule has 3 aromatic carbocycles. The van der Waals surface area contributed by atoms with E-state index in [0.717, 1.165) is 28.1 Å². The number of anilines is 1. The Labute approximate surface area is 145 Å². The Morgan fingerprint density at radius 1 is 0.880 bits per heavy atom. The summed E-state index contributed by atoms with van der Waals surface area (Å²) in [6.45, 7) is 0. The molecule has 0 radical (unpaired) electrons. The number of ether oxygens (including phenoxy) is 1. The van der Waals surface area contributed by atoms with Gasteiger partial charge in [-0.1, -0.05) is 42.5 Å². The van der Waals surface area contributed by atoms with Crippen molar-refractivity contribution < 1.29 is 4.74 Å². The van der Waals surface area contributed by atoms with Crippen LogP contribution in [0, 0.1) is 0 Å². The van der Waals surface area contributed by atoms with E-state index >= 15 is 0 Å². The number of hydrazone groups is 1. The fraction of sp³-hybridized carbons (Fsp3) is 0. The van der Waals surface area contributed by atoms with E-state index in [-0.39, 0.29) is 0 Å². The highest BCUT2D eigenvalue weighted by molar-refractivity contribution is 5.81. The molecule has 4 aromatic rings. The van der Waals surface area contributed by atoms with Gasteiger partial charge < -0.3 is 9.72 Å². The first-order valence-corrected chi connectivity index (χ1v) is 7.94. The molecule has 1 heterocycles. The smallest absolute Gasteiger partial charge is 0.222 e. The molecule has 0 unspecified atom stereocenters. The lowest BCUT2D eigenvalue weighted by Gasteiger charge is -2.05. The molecule has 122 valence electrons. The quantitative estimate of drug-likeness (QED) is 0.408. The Balaban J connectivity index is 1.45. The molecule has 2 N–H and O–H groups in total. The largest absolute Gasteiger partial charge is 0.457 e. The van der Waals surface area contributed by atoms with Crippen LogP contribution in [-0.4, -0.2) is 16.2 Å². The van der Waals surface area contributed by atoms with Crippen LogP contribution in [0.3, 0.4) is 0 Å². The normalized spacial score (nSPS) is 11.0. The van der Waals surface area contributed by atoms with Gasteiger partial charge in [0.2, 0.25) is 5.95 Å². The number of imidazole rings is 1. The zero-order chi connectivity index (χ0) is 16.9. The lowest BCUT2D eigenvalue weighted by Crippen LogP contribution is -1.92. The Kier molecular flexibility index (Phi) is 4.12. The molecule has 0 bridgehead atoms. The van der Waals surface area contributed by atoms with Gasteiger partial charge in [0.05, 0.1) is 17.2 Å². The maximum absolute atomic E-state index is 5.82. The maximum atomic E-state index is 5.82. The standard InChI is InChI=1S/C20H16N4O/c1-2-8-16(9-3-1)25-17-10-6-7-15(13-17)14-21-24-20-22-18-11-4-5-12-19(18)23-20/h1-14H,(H2,22,23,24). The molecule has 25 heavy (non-hydrogen) atoms. The van der Waals surface area contributed by atoms with Crippen LogP contribution in [0.1, 0.15) is 5.56 Å². The molecule has 0 spiro atoms. The van der Waals surface area contributed by atoms with Crippen molar-refractivity contribution in [2.24, 2.45) is 5.10 Å². The van der Waals surface area contributed by atoms with Crippen LogP contribution >= 0.6 is 0 Å². The molecule has 0 atom stereocenters. The number of para-hydroxylation sites is 3. The van der Waals surface area contributed by atoms with Crippen LogP contribution in [0.25, 0.3) is 11.0 Å². The first kappa shape index (κ1) is 15.0. The average molecular weight is 328 g/mol. The van der Waals surface area contributed by atoms with E-state index in [4.69, 9.17) is 4.74 Å². The number of hydrogen-bond acceptors (Lipinski definition) is 4. The Morgan fingerprint density at radius 2 is 1.68 bits per heavy atom. The van der Waals surface area contributed by atoms with Crippen molar-refractivity contribution in [2.45, 2.75) is 0 Å². The zero-order valence-electron chi connectivity index (χ0n) is 13.4. The Bertz CT molecular complexity index is 975. The number of aromatic amines is 1. The third kappa shape index (κ3) is 3.67. The highest BCUT2D eigenvalue weighted by Gasteiger charge is 2.00. The van der Waals surface area contributed by atoms with Crippen molar-refractivity contribution in [2.75, 3.05) is 5.43 Å². The molecule has 0 aliphatic rings. The van der Waals surface area contributed by atoms with Crippen LogP contribution < -0.4 is 10.2 Å². The summed E-state index contributed by atoms with van der Waals surface area (Å²) in [5, 5.41) is 4.23. The minimum Gasteiger partial charge on any atom is -0.457 e. The number of rotatable bonds is 5. The predicted molar refractivity (Wildman–Crippen MR) is 100 cm³/mol. The number of nitrogens with zero attached hydrogens (tertiary/aromatic N) is 2. The lowest BCUT2D eigenvalue weighted by molar-refractivity contribution is 0.482. The first-order chi connectivity index (χ1) is 12.4. The van der Waals surface area contributed by atoms with Crippen LogP contribution in [0.2, 0.25) is 0 Å². The van der Waals surface area contributed by atoms with Gasteiger partial charge >= 0.3 is 0 Å². The molecule has 1 aromatic heterocycles. The molecular formula is C20H16N4O. The number of hydrogen-bond donors (Lipinski definition) is 2. The van der Waals surface area contributed by atoms with Crippen LogP contribution in [0.15, 0.2) is 84.0 Å². The summed E-state index contributed by atoms with van der Waals surface area (Å²) < 4.78 is 5.82. The fourth-order valence-electron chi connectivity index (χ4n) is 2.46.